The Morgan fingerprint density at radius 1 is 1.59 bits per heavy atom. The van der Waals surface area contributed by atoms with Crippen molar-refractivity contribution in [3.05, 3.63) is 34.9 Å². The van der Waals surface area contributed by atoms with Gasteiger partial charge in [0.2, 0.25) is 0 Å². The molecule has 3 nitrogen and oxygen atoms in total. The first-order valence-electron chi connectivity index (χ1n) is 5.33. The maximum absolute atomic E-state index is 5.53. The Bertz CT molecular complexity index is 478. The number of hydrogen-bond acceptors (Lipinski definition) is 4. The number of hydrogen-bond donors (Lipinski definition) is 0. The number of rotatable bonds is 5. The summed E-state index contributed by atoms with van der Waals surface area (Å²) in [5, 5.41) is 4.13. The monoisotopic (exact) mass is 245 g/mol. The van der Waals surface area contributed by atoms with Crippen LogP contribution in [0.3, 0.4) is 0 Å². The Morgan fingerprint density at radius 2 is 2.47 bits per heavy atom. The predicted molar refractivity (Wildman–Crippen MR) is 70.4 cm³/mol. The minimum atomic E-state index is -0.0501. The van der Waals surface area contributed by atoms with E-state index in [9.17, 15) is 0 Å². The van der Waals surface area contributed by atoms with E-state index in [0.717, 1.165) is 17.7 Å². The molecule has 0 aliphatic heterocycles. The summed E-state index contributed by atoms with van der Waals surface area (Å²) in [6.07, 6.45) is 3.82. The fourth-order valence-corrected chi connectivity index (χ4v) is 2.26. The largest absolute Gasteiger partial charge is 0.560 e. The zero-order valence-corrected chi connectivity index (χ0v) is 10.3. The number of nitrogens with zero attached hydrogens (tertiary/aromatic N) is 1. The van der Waals surface area contributed by atoms with Gasteiger partial charge in [-0.2, -0.15) is 11.3 Å². The van der Waals surface area contributed by atoms with E-state index in [1.54, 1.807) is 17.6 Å². The average molecular weight is 245 g/mol. The zero-order chi connectivity index (χ0) is 12.1. The van der Waals surface area contributed by atoms with Crippen LogP contribution in [0.5, 0.6) is 0 Å². The fourth-order valence-electron chi connectivity index (χ4n) is 1.60. The van der Waals surface area contributed by atoms with Crippen LogP contribution < -0.4 is 0 Å². The van der Waals surface area contributed by atoms with Crippen LogP contribution in [0.25, 0.3) is 11.1 Å². The van der Waals surface area contributed by atoms with Gasteiger partial charge in [0, 0.05) is 5.56 Å². The van der Waals surface area contributed by atoms with Crippen molar-refractivity contribution in [2.75, 3.05) is 0 Å². The fraction of sp³-hybridized carbons (Fsp3) is 0.250. The summed E-state index contributed by atoms with van der Waals surface area (Å²) in [4.78, 5) is 4.16. The molecule has 0 aliphatic rings. The van der Waals surface area contributed by atoms with E-state index < -0.39 is 0 Å². The van der Waals surface area contributed by atoms with Crippen LogP contribution in [0.1, 0.15) is 25.1 Å². The number of aliphatic imine (C=N–C) groups is 1. The molecule has 86 valence electrons. The molecule has 0 N–H and O–H groups in total. The molecule has 0 amide bonds. The van der Waals surface area contributed by atoms with E-state index in [1.165, 1.54) is 12.0 Å². The van der Waals surface area contributed by atoms with Crippen LogP contribution in [0, 0.1) is 0 Å². The summed E-state index contributed by atoms with van der Waals surface area (Å²) < 4.78 is 9.88. The third kappa shape index (κ3) is 2.80. The molecule has 5 heteroatoms. The van der Waals surface area contributed by atoms with Gasteiger partial charge in [-0.05, 0) is 34.9 Å². The Kier molecular flexibility index (Phi) is 4.04. The standard InChI is InChI=1S/C12H12BNO2S/c1-2-11(14-8-16-13)12-5-10(6-15-12)9-3-4-17-7-9/h3-8,11H,2H2,1H3. The molecule has 0 aromatic carbocycles. The van der Waals surface area contributed by atoms with Crippen molar-refractivity contribution < 1.29 is 9.07 Å². The highest BCUT2D eigenvalue weighted by molar-refractivity contribution is 7.08. The van der Waals surface area contributed by atoms with Gasteiger partial charge in [-0.1, -0.05) is 6.92 Å². The summed E-state index contributed by atoms with van der Waals surface area (Å²) in [7, 11) is 4.91. The van der Waals surface area contributed by atoms with Crippen LogP contribution >= 0.6 is 11.3 Å². The minimum absolute atomic E-state index is 0.0501. The van der Waals surface area contributed by atoms with Crippen molar-refractivity contribution in [3.63, 3.8) is 0 Å². The van der Waals surface area contributed by atoms with E-state index in [2.05, 4.69) is 21.1 Å². The van der Waals surface area contributed by atoms with Crippen molar-refractivity contribution in [1.82, 2.24) is 0 Å². The molecule has 0 fully saturated rings. The number of furan rings is 1. The van der Waals surface area contributed by atoms with Gasteiger partial charge in [-0.3, -0.25) is 0 Å². The van der Waals surface area contributed by atoms with Gasteiger partial charge in [-0.15, -0.1) is 0 Å². The lowest BCUT2D eigenvalue weighted by Gasteiger charge is -2.04. The molecule has 1 unspecified atom stereocenters. The van der Waals surface area contributed by atoms with Crippen molar-refractivity contribution in [2.45, 2.75) is 19.4 Å². The smallest absolute Gasteiger partial charge is 0.375 e. The second-order valence-corrected chi connectivity index (χ2v) is 4.34. The predicted octanol–water partition coefficient (Wildman–Crippen LogP) is 3.59. The van der Waals surface area contributed by atoms with Crippen molar-refractivity contribution in [3.8, 4) is 11.1 Å². The van der Waals surface area contributed by atoms with Gasteiger partial charge in [0.25, 0.3) is 0 Å². The molecule has 2 aromatic heterocycles. The van der Waals surface area contributed by atoms with Crippen molar-refractivity contribution in [1.29, 1.82) is 0 Å². The summed E-state index contributed by atoms with van der Waals surface area (Å²) in [5.41, 5.74) is 2.24. The molecule has 0 saturated carbocycles. The Balaban J connectivity index is 2.19. The Hall–Kier alpha value is -1.49. The van der Waals surface area contributed by atoms with Gasteiger partial charge in [0.05, 0.1) is 6.26 Å². The van der Waals surface area contributed by atoms with Gasteiger partial charge in [-0.25, -0.2) is 4.99 Å². The molecule has 2 heterocycles. The molecule has 1 atom stereocenters. The van der Waals surface area contributed by atoms with E-state index in [-0.39, 0.29) is 6.04 Å². The van der Waals surface area contributed by atoms with Crippen LogP contribution in [-0.4, -0.2) is 14.4 Å². The lowest BCUT2D eigenvalue weighted by molar-refractivity contribution is 0.458. The lowest BCUT2D eigenvalue weighted by atomic mass is 10.1. The summed E-state index contributed by atoms with van der Waals surface area (Å²) in [6, 6.07) is 4.02. The summed E-state index contributed by atoms with van der Waals surface area (Å²) in [5.74, 6) is 0.821. The Morgan fingerprint density at radius 3 is 3.12 bits per heavy atom. The first-order chi connectivity index (χ1) is 8.35. The first kappa shape index (κ1) is 12.0. The van der Waals surface area contributed by atoms with Crippen molar-refractivity contribution in [2.24, 2.45) is 4.99 Å². The second kappa shape index (κ2) is 5.73. The van der Waals surface area contributed by atoms with Crippen LogP contribution in [0.2, 0.25) is 0 Å². The van der Waals surface area contributed by atoms with Crippen LogP contribution in [0.15, 0.2) is 38.6 Å². The van der Waals surface area contributed by atoms with E-state index in [1.807, 2.05) is 18.4 Å². The van der Waals surface area contributed by atoms with Gasteiger partial charge >= 0.3 is 8.05 Å². The zero-order valence-electron chi connectivity index (χ0n) is 9.50. The normalized spacial score (nSPS) is 13.0. The quantitative estimate of drug-likeness (QED) is 0.458. The topological polar surface area (TPSA) is 34.7 Å². The molecular formula is C12H12BNO2S. The first-order valence-corrected chi connectivity index (χ1v) is 6.27. The number of thiophene rings is 1. The third-order valence-corrected chi connectivity index (χ3v) is 3.17. The maximum atomic E-state index is 5.53. The highest BCUT2D eigenvalue weighted by atomic mass is 32.1. The van der Waals surface area contributed by atoms with Crippen molar-refractivity contribution >= 4 is 25.8 Å². The summed E-state index contributed by atoms with van der Waals surface area (Å²) >= 11 is 1.66. The Labute approximate surface area is 106 Å². The molecule has 2 radical (unpaired) electrons. The van der Waals surface area contributed by atoms with E-state index in [0.29, 0.717) is 0 Å². The molecule has 0 bridgehead atoms. The van der Waals surface area contributed by atoms with Crippen LogP contribution in [-0.2, 0) is 4.65 Å². The second-order valence-electron chi connectivity index (χ2n) is 3.56. The third-order valence-electron chi connectivity index (χ3n) is 2.49. The maximum Gasteiger partial charge on any atom is 0.375 e. The van der Waals surface area contributed by atoms with Gasteiger partial charge < -0.3 is 9.07 Å². The SMILES string of the molecule is [B]OC=NC(CC)c1cc(-c2ccsc2)co1. The minimum Gasteiger partial charge on any atom is -0.560 e. The highest BCUT2D eigenvalue weighted by Gasteiger charge is 2.13. The lowest BCUT2D eigenvalue weighted by Crippen LogP contribution is -1.93. The van der Waals surface area contributed by atoms with E-state index >= 15 is 0 Å². The molecule has 2 aromatic rings. The van der Waals surface area contributed by atoms with Gasteiger partial charge in [0.1, 0.15) is 11.8 Å². The summed E-state index contributed by atoms with van der Waals surface area (Å²) in [6.45, 7) is 2.03. The van der Waals surface area contributed by atoms with Gasteiger partial charge in [0.15, 0.2) is 6.40 Å². The molecule has 2 rings (SSSR count). The van der Waals surface area contributed by atoms with E-state index in [4.69, 9.17) is 12.5 Å². The highest BCUT2D eigenvalue weighted by Crippen LogP contribution is 2.29. The van der Waals surface area contributed by atoms with Crippen LogP contribution in [0.4, 0.5) is 0 Å². The molecule has 0 saturated heterocycles. The molecular weight excluding hydrogens is 233 g/mol. The molecule has 0 spiro atoms. The molecule has 0 aliphatic carbocycles. The average Bonchev–Trinajstić information content (AvgIpc) is 3.00. The molecule has 17 heavy (non-hydrogen) atoms.